The number of nitrogens with one attached hydrogen (secondary N) is 2. The van der Waals surface area contributed by atoms with Gasteiger partial charge < -0.3 is 10.6 Å². The highest BCUT2D eigenvalue weighted by Crippen LogP contribution is 2.15. The number of carbonyl (C=O) groups excluding carboxylic acids is 1. The lowest BCUT2D eigenvalue weighted by molar-refractivity contribution is 0.0950. The number of nitrogens with zero attached hydrogens (tertiary/aromatic N) is 1. The molecule has 1 aliphatic heterocycles. The largest absolute Gasteiger partial charge is 0.383 e. The van der Waals surface area contributed by atoms with E-state index in [1.165, 1.54) is 18.4 Å². The zero-order valence-electron chi connectivity index (χ0n) is 15.8. The number of hydrogen-bond acceptors (Lipinski definition) is 3. The molecule has 4 heteroatoms. The zero-order valence-corrected chi connectivity index (χ0v) is 15.8. The van der Waals surface area contributed by atoms with Crippen molar-refractivity contribution in [3.05, 3.63) is 65.2 Å². The number of carbonyl (C=O) groups is 1. The molecule has 138 valence electrons. The van der Waals surface area contributed by atoms with Crippen molar-refractivity contribution in [1.82, 2.24) is 10.2 Å². The number of anilines is 1. The van der Waals surface area contributed by atoms with Gasteiger partial charge in [-0.25, -0.2) is 0 Å². The van der Waals surface area contributed by atoms with Crippen molar-refractivity contribution in [2.45, 2.75) is 45.8 Å². The quantitative estimate of drug-likeness (QED) is 0.791. The van der Waals surface area contributed by atoms with Gasteiger partial charge in [-0.15, -0.1) is 0 Å². The van der Waals surface area contributed by atoms with E-state index in [9.17, 15) is 4.79 Å². The molecule has 1 amide bonds. The summed E-state index contributed by atoms with van der Waals surface area (Å²) in [6.45, 7) is 8.02. The number of amides is 1. The van der Waals surface area contributed by atoms with E-state index >= 15 is 0 Å². The van der Waals surface area contributed by atoms with Crippen molar-refractivity contribution in [1.29, 1.82) is 0 Å². The molecular formula is C22H29N3O. The van der Waals surface area contributed by atoms with Gasteiger partial charge in [-0.05, 0) is 75.2 Å². The molecular weight excluding hydrogens is 322 g/mol. The summed E-state index contributed by atoms with van der Waals surface area (Å²) in [5.41, 5.74) is 4.12. The second kappa shape index (κ2) is 8.86. The number of likely N-dealkylation sites (tertiary alicyclic amines) is 1. The van der Waals surface area contributed by atoms with Gasteiger partial charge in [0, 0.05) is 30.4 Å². The molecule has 0 bridgehead atoms. The average molecular weight is 351 g/mol. The normalized spacial score (nSPS) is 14.6. The molecule has 2 aromatic carbocycles. The minimum Gasteiger partial charge on any atom is -0.383 e. The molecule has 3 rings (SSSR count). The number of benzene rings is 2. The first-order valence-electron chi connectivity index (χ1n) is 9.55. The fourth-order valence-corrected chi connectivity index (χ4v) is 3.40. The average Bonchev–Trinajstić information content (AvgIpc) is 3.12. The SMILES string of the molecule is CC(C)Nc1cccc(CNC(=O)c2cccc(CN3CCCC3)c2)c1. The van der Waals surface area contributed by atoms with Gasteiger partial charge in [0.15, 0.2) is 0 Å². The summed E-state index contributed by atoms with van der Waals surface area (Å²) >= 11 is 0. The van der Waals surface area contributed by atoms with Crippen LogP contribution in [0.3, 0.4) is 0 Å². The van der Waals surface area contributed by atoms with Gasteiger partial charge in [-0.3, -0.25) is 9.69 Å². The lowest BCUT2D eigenvalue weighted by Gasteiger charge is -2.15. The van der Waals surface area contributed by atoms with Crippen LogP contribution in [0.4, 0.5) is 5.69 Å². The fraction of sp³-hybridized carbons (Fsp3) is 0.409. The van der Waals surface area contributed by atoms with E-state index in [1.54, 1.807) is 0 Å². The first kappa shape index (κ1) is 18.5. The van der Waals surface area contributed by atoms with Gasteiger partial charge in [0.25, 0.3) is 5.91 Å². The summed E-state index contributed by atoms with van der Waals surface area (Å²) in [5, 5.41) is 6.43. The number of hydrogen-bond donors (Lipinski definition) is 2. The standard InChI is InChI=1S/C22H29N3O/c1-17(2)24-21-10-6-7-18(14-21)15-23-22(26)20-9-5-8-19(13-20)16-25-11-3-4-12-25/h5-10,13-14,17,24H,3-4,11-12,15-16H2,1-2H3,(H,23,26). The van der Waals surface area contributed by atoms with E-state index in [0.717, 1.165) is 36.4 Å². The summed E-state index contributed by atoms with van der Waals surface area (Å²) in [6.07, 6.45) is 2.57. The highest BCUT2D eigenvalue weighted by molar-refractivity contribution is 5.94. The fourth-order valence-electron chi connectivity index (χ4n) is 3.40. The van der Waals surface area contributed by atoms with Crippen LogP contribution in [0.5, 0.6) is 0 Å². The minimum atomic E-state index is -0.0181. The molecule has 0 radical (unpaired) electrons. The Labute approximate surface area is 156 Å². The Morgan fingerprint density at radius 3 is 2.54 bits per heavy atom. The summed E-state index contributed by atoms with van der Waals surface area (Å²) in [7, 11) is 0. The molecule has 1 aliphatic rings. The van der Waals surface area contributed by atoms with Gasteiger partial charge in [-0.1, -0.05) is 24.3 Å². The molecule has 1 fully saturated rings. The third-order valence-corrected chi connectivity index (χ3v) is 4.63. The van der Waals surface area contributed by atoms with E-state index in [2.05, 4.69) is 41.5 Å². The monoisotopic (exact) mass is 351 g/mol. The third kappa shape index (κ3) is 5.33. The van der Waals surface area contributed by atoms with Crippen LogP contribution in [0.2, 0.25) is 0 Å². The van der Waals surface area contributed by atoms with Crippen LogP contribution in [-0.4, -0.2) is 29.9 Å². The van der Waals surface area contributed by atoms with Crippen LogP contribution >= 0.6 is 0 Å². The van der Waals surface area contributed by atoms with Crippen LogP contribution in [0, 0.1) is 0 Å². The maximum atomic E-state index is 12.5. The summed E-state index contributed by atoms with van der Waals surface area (Å²) in [5.74, 6) is -0.0181. The molecule has 0 spiro atoms. The molecule has 1 saturated heterocycles. The predicted molar refractivity (Wildman–Crippen MR) is 107 cm³/mol. The predicted octanol–water partition coefficient (Wildman–Crippen LogP) is 4.03. The van der Waals surface area contributed by atoms with E-state index in [0.29, 0.717) is 12.6 Å². The first-order chi connectivity index (χ1) is 12.6. The van der Waals surface area contributed by atoms with Crippen molar-refractivity contribution >= 4 is 11.6 Å². The van der Waals surface area contributed by atoms with Crippen LogP contribution in [0.15, 0.2) is 48.5 Å². The molecule has 4 nitrogen and oxygen atoms in total. The van der Waals surface area contributed by atoms with Crippen LogP contribution in [-0.2, 0) is 13.1 Å². The lowest BCUT2D eigenvalue weighted by atomic mass is 10.1. The Hall–Kier alpha value is -2.33. The van der Waals surface area contributed by atoms with Crippen LogP contribution in [0.25, 0.3) is 0 Å². The van der Waals surface area contributed by atoms with E-state index < -0.39 is 0 Å². The van der Waals surface area contributed by atoms with Gasteiger partial charge in [0.1, 0.15) is 0 Å². The highest BCUT2D eigenvalue weighted by Gasteiger charge is 2.13. The van der Waals surface area contributed by atoms with Gasteiger partial charge in [0.2, 0.25) is 0 Å². The second-order valence-corrected chi connectivity index (χ2v) is 7.37. The van der Waals surface area contributed by atoms with Crippen molar-refractivity contribution in [3.63, 3.8) is 0 Å². The van der Waals surface area contributed by atoms with Gasteiger partial charge >= 0.3 is 0 Å². The Kier molecular flexibility index (Phi) is 6.29. The third-order valence-electron chi connectivity index (χ3n) is 4.63. The molecule has 0 saturated carbocycles. The Morgan fingerprint density at radius 1 is 1.04 bits per heavy atom. The maximum Gasteiger partial charge on any atom is 0.251 e. The van der Waals surface area contributed by atoms with Crippen LogP contribution in [0.1, 0.15) is 48.2 Å². The summed E-state index contributed by atoms with van der Waals surface area (Å²) < 4.78 is 0. The number of rotatable bonds is 7. The summed E-state index contributed by atoms with van der Waals surface area (Å²) in [4.78, 5) is 15.0. The molecule has 0 aromatic heterocycles. The Bertz CT molecular complexity index is 736. The Morgan fingerprint density at radius 2 is 1.77 bits per heavy atom. The molecule has 1 heterocycles. The smallest absolute Gasteiger partial charge is 0.251 e. The lowest BCUT2D eigenvalue weighted by Crippen LogP contribution is -2.23. The van der Waals surface area contributed by atoms with Crippen molar-refractivity contribution < 1.29 is 4.79 Å². The molecule has 2 aromatic rings. The van der Waals surface area contributed by atoms with E-state index in [1.807, 2.05) is 36.4 Å². The van der Waals surface area contributed by atoms with Crippen molar-refractivity contribution in [3.8, 4) is 0 Å². The molecule has 26 heavy (non-hydrogen) atoms. The molecule has 2 N–H and O–H groups in total. The Balaban J connectivity index is 1.58. The van der Waals surface area contributed by atoms with Gasteiger partial charge in [-0.2, -0.15) is 0 Å². The first-order valence-corrected chi connectivity index (χ1v) is 9.55. The zero-order chi connectivity index (χ0) is 18.4. The summed E-state index contributed by atoms with van der Waals surface area (Å²) in [6, 6.07) is 16.6. The van der Waals surface area contributed by atoms with Crippen molar-refractivity contribution in [2.24, 2.45) is 0 Å². The maximum absolute atomic E-state index is 12.5. The second-order valence-electron chi connectivity index (χ2n) is 7.37. The molecule has 0 unspecified atom stereocenters. The van der Waals surface area contributed by atoms with Gasteiger partial charge in [0.05, 0.1) is 0 Å². The topological polar surface area (TPSA) is 44.4 Å². The molecule has 0 atom stereocenters. The van der Waals surface area contributed by atoms with Crippen molar-refractivity contribution in [2.75, 3.05) is 18.4 Å². The minimum absolute atomic E-state index is 0.0181. The van der Waals surface area contributed by atoms with E-state index in [-0.39, 0.29) is 5.91 Å². The highest BCUT2D eigenvalue weighted by atomic mass is 16.1. The van der Waals surface area contributed by atoms with Crippen LogP contribution < -0.4 is 10.6 Å². The van der Waals surface area contributed by atoms with E-state index in [4.69, 9.17) is 0 Å². The molecule has 0 aliphatic carbocycles.